The zero-order valence-electron chi connectivity index (χ0n) is 15.1. The number of amides is 3. The van der Waals surface area contributed by atoms with Crippen LogP contribution in [0.1, 0.15) is 55.8 Å². The molecule has 1 aromatic carbocycles. The topological polar surface area (TPSA) is 61.4 Å². The maximum atomic E-state index is 12.8. The summed E-state index contributed by atoms with van der Waals surface area (Å²) in [6.45, 7) is 4.44. The summed E-state index contributed by atoms with van der Waals surface area (Å²) in [6, 6.07) is 7.01. The molecular formula is C20H29N3O2. The van der Waals surface area contributed by atoms with E-state index in [1.165, 1.54) is 25.7 Å². The number of carbonyl (C=O) groups is 2. The number of anilines is 1. The van der Waals surface area contributed by atoms with E-state index in [1.54, 1.807) is 12.1 Å². The smallest absolute Gasteiger partial charge is 0.319 e. The van der Waals surface area contributed by atoms with Crippen LogP contribution >= 0.6 is 0 Å². The van der Waals surface area contributed by atoms with Crippen LogP contribution in [0.5, 0.6) is 0 Å². The van der Waals surface area contributed by atoms with Crippen LogP contribution in [0.25, 0.3) is 0 Å². The van der Waals surface area contributed by atoms with Crippen LogP contribution in [-0.2, 0) is 0 Å². The van der Waals surface area contributed by atoms with Gasteiger partial charge in [0.05, 0.1) is 0 Å². The third-order valence-corrected chi connectivity index (χ3v) is 5.50. The lowest BCUT2D eigenvalue weighted by Gasteiger charge is -2.41. The van der Waals surface area contributed by atoms with Crippen molar-refractivity contribution in [2.24, 2.45) is 11.8 Å². The Morgan fingerprint density at radius 3 is 2.52 bits per heavy atom. The molecule has 0 aromatic heterocycles. The predicted molar refractivity (Wildman–Crippen MR) is 99.7 cm³/mol. The van der Waals surface area contributed by atoms with E-state index in [1.807, 2.05) is 24.0 Å². The fourth-order valence-corrected chi connectivity index (χ4v) is 4.08. The first kappa shape index (κ1) is 17.8. The Labute approximate surface area is 150 Å². The van der Waals surface area contributed by atoms with Gasteiger partial charge in [-0.3, -0.25) is 4.79 Å². The lowest BCUT2D eigenvalue weighted by molar-refractivity contribution is 0.0521. The van der Waals surface area contributed by atoms with Crippen molar-refractivity contribution < 1.29 is 9.59 Å². The summed E-state index contributed by atoms with van der Waals surface area (Å²) in [5.41, 5.74) is 1.41. The minimum absolute atomic E-state index is 0.117. The van der Waals surface area contributed by atoms with E-state index in [4.69, 9.17) is 0 Å². The maximum Gasteiger partial charge on any atom is 0.319 e. The standard InChI is InChI=1S/C20H29N3O2/c1-2-12-21-20(25)22-18-9-7-16(8-10-18)19(24)23-13-11-15-5-3-4-6-17(15)14-23/h7-10,15,17H,2-6,11-14H2,1H3,(H2,21,22,25)/t15-,17+/m1/s1. The van der Waals surface area contributed by atoms with Gasteiger partial charge >= 0.3 is 6.03 Å². The Morgan fingerprint density at radius 2 is 1.80 bits per heavy atom. The molecule has 2 atom stereocenters. The largest absolute Gasteiger partial charge is 0.338 e. The lowest BCUT2D eigenvalue weighted by Crippen LogP contribution is -2.44. The SMILES string of the molecule is CCCNC(=O)Nc1ccc(C(=O)N2CC[C@H]3CCCC[C@H]3C2)cc1. The van der Waals surface area contributed by atoms with Gasteiger partial charge in [-0.2, -0.15) is 0 Å². The zero-order valence-corrected chi connectivity index (χ0v) is 15.1. The molecule has 1 saturated heterocycles. The lowest BCUT2D eigenvalue weighted by atomic mass is 9.75. The first-order valence-electron chi connectivity index (χ1n) is 9.61. The Hall–Kier alpha value is -2.04. The molecule has 3 rings (SSSR count). The molecule has 0 spiro atoms. The molecule has 0 unspecified atom stereocenters. The molecule has 2 fully saturated rings. The number of piperidine rings is 1. The van der Waals surface area contributed by atoms with Crippen LogP contribution in [0.4, 0.5) is 10.5 Å². The summed E-state index contributed by atoms with van der Waals surface area (Å²) < 4.78 is 0. The molecule has 5 heteroatoms. The molecule has 3 amide bonds. The number of likely N-dealkylation sites (tertiary alicyclic amines) is 1. The van der Waals surface area contributed by atoms with Crippen molar-refractivity contribution >= 4 is 17.6 Å². The highest BCUT2D eigenvalue weighted by atomic mass is 16.2. The normalized spacial score (nSPS) is 22.8. The fraction of sp³-hybridized carbons (Fsp3) is 0.600. The Bertz CT molecular complexity index is 599. The average Bonchev–Trinajstić information content (AvgIpc) is 2.66. The molecule has 25 heavy (non-hydrogen) atoms. The van der Waals surface area contributed by atoms with Crippen molar-refractivity contribution in [3.8, 4) is 0 Å². The highest BCUT2D eigenvalue weighted by molar-refractivity contribution is 5.95. The minimum atomic E-state index is -0.208. The van der Waals surface area contributed by atoms with Gasteiger partial charge in [-0.15, -0.1) is 0 Å². The molecule has 1 aromatic rings. The highest BCUT2D eigenvalue weighted by Crippen LogP contribution is 2.36. The second-order valence-electron chi connectivity index (χ2n) is 7.30. The van der Waals surface area contributed by atoms with Gasteiger partial charge in [0.1, 0.15) is 0 Å². The van der Waals surface area contributed by atoms with Crippen molar-refractivity contribution in [2.45, 2.75) is 45.4 Å². The van der Waals surface area contributed by atoms with E-state index in [0.717, 1.165) is 31.8 Å². The van der Waals surface area contributed by atoms with Gasteiger partial charge in [-0.05, 0) is 55.4 Å². The van der Waals surface area contributed by atoms with Gasteiger partial charge in [0.15, 0.2) is 0 Å². The van der Waals surface area contributed by atoms with E-state index in [0.29, 0.717) is 23.7 Å². The molecule has 1 aliphatic carbocycles. The molecule has 2 N–H and O–H groups in total. The number of fused-ring (bicyclic) bond motifs is 1. The third kappa shape index (κ3) is 4.53. The van der Waals surface area contributed by atoms with Crippen molar-refractivity contribution in [1.29, 1.82) is 0 Å². The maximum absolute atomic E-state index is 12.8. The molecule has 0 radical (unpaired) electrons. The first-order chi connectivity index (χ1) is 12.2. The van der Waals surface area contributed by atoms with Crippen LogP contribution in [0.3, 0.4) is 0 Å². The van der Waals surface area contributed by atoms with Crippen molar-refractivity contribution in [1.82, 2.24) is 10.2 Å². The number of nitrogens with zero attached hydrogens (tertiary/aromatic N) is 1. The van der Waals surface area contributed by atoms with E-state index >= 15 is 0 Å². The monoisotopic (exact) mass is 343 g/mol. The summed E-state index contributed by atoms with van der Waals surface area (Å²) in [4.78, 5) is 26.5. The van der Waals surface area contributed by atoms with Gasteiger partial charge in [-0.25, -0.2) is 4.79 Å². The van der Waals surface area contributed by atoms with Gasteiger partial charge < -0.3 is 15.5 Å². The minimum Gasteiger partial charge on any atom is -0.338 e. The van der Waals surface area contributed by atoms with E-state index in [-0.39, 0.29) is 11.9 Å². The molecular weight excluding hydrogens is 314 g/mol. The predicted octanol–water partition coefficient (Wildman–Crippen LogP) is 3.87. The van der Waals surface area contributed by atoms with Crippen molar-refractivity contribution in [2.75, 3.05) is 25.0 Å². The van der Waals surface area contributed by atoms with Crippen LogP contribution < -0.4 is 10.6 Å². The van der Waals surface area contributed by atoms with Gasteiger partial charge in [0.2, 0.25) is 0 Å². The first-order valence-corrected chi connectivity index (χ1v) is 9.61. The fourth-order valence-electron chi connectivity index (χ4n) is 4.08. The highest BCUT2D eigenvalue weighted by Gasteiger charge is 2.33. The number of benzene rings is 1. The molecule has 0 bridgehead atoms. The van der Waals surface area contributed by atoms with Gasteiger partial charge in [0, 0.05) is 30.9 Å². The molecule has 5 nitrogen and oxygen atoms in total. The number of rotatable bonds is 4. The van der Waals surface area contributed by atoms with Crippen molar-refractivity contribution in [3.63, 3.8) is 0 Å². The number of hydrogen-bond donors (Lipinski definition) is 2. The Kier molecular flexibility index (Phi) is 5.95. The summed E-state index contributed by atoms with van der Waals surface area (Å²) in [6.07, 6.45) is 7.32. The quantitative estimate of drug-likeness (QED) is 0.872. The van der Waals surface area contributed by atoms with Gasteiger partial charge in [0.25, 0.3) is 5.91 Å². The van der Waals surface area contributed by atoms with E-state index in [9.17, 15) is 9.59 Å². The van der Waals surface area contributed by atoms with Crippen LogP contribution in [-0.4, -0.2) is 36.5 Å². The van der Waals surface area contributed by atoms with Crippen molar-refractivity contribution in [3.05, 3.63) is 29.8 Å². The van der Waals surface area contributed by atoms with E-state index in [2.05, 4.69) is 10.6 Å². The number of hydrogen-bond acceptors (Lipinski definition) is 2. The van der Waals surface area contributed by atoms with Crippen LogP contribution in [0, 0.1) is 11.8 Å². The second kappa shape index (κ2) is 8.37. The molecule has 1 saturated carbocycles. The number of carbonyl (C=O) groups excluding carboxylic acids is 2. The summed E-state index contributed by atoms with van der Waals surface area (Å²) in [7, 11) is 0. The zero-order chi connectivity index (χ0) is 17.6. The summed E-state index contributed by atoms with van der Waals surface area (Å²) >= 11 is 0. The third-order valence-electron chi connectivity index (χ3n) is 5.50. The molecule has 1 aliphatic heterocycles. The number of urea groups is 1. The summed E-state index contributed by atoms with van der Waals surface area (Å²) in [5.74, 6) is 1.63. The second-order valence-corrected chi connectivity index (χ2v) is 7.30. The molecule has 2 aliphatic rings. The van der Waals surface area contributed by atoms with E-state index < -0.39 is 0 Å². The summed E-state index contributed by atoms with van der Waals surface area (Å²) in [5, 5.41) is 5.56. The Morgan fingerprint density at radius 1 is 1.08 bits per heavy atom. The number of nitrogens with one attached hydrogen (secondary N) is 2. The average molecular weight is 343 g/mol. The van der Waals surface area contributed by atoms with Crippen LogP contribution in [0.15, 0.2) is 24.3 Å². The Balaban J connectivity index is 1.56. The molecule has 1 heterocycles. The molecule has 136 valence electrons. The van der Waals surface area contributed by atoms with Crippen LogP contribution in [0.2, 0.25) is 0 Å². The van der Waals surface area contributed by atoms with Gasteiger partial charge in [-0.1, -0.05) is 26.2 Å².